The molecule has 1 amide bonds. The summed E-state index contributed by atoms with van der Waals surface area (Å²) < 4.78 is 1.44. The Morgan fingerprint density at radius 3 is 2.68 bits per heavy atom. The molecule has 5 nitrogen and oxygen atoms in total. The second-order valence-corrected chi connectivity index (χ2v) is 5.04. The van der Waals surface area contributed by atoms with Crippen LogP contribution >= 0.6 is 23.4 Å². The minimum atomic E-state index is -0.493. The van der Waals surface area contributed by atoms with Crippen molar-refractivity contribution in [3.8, 4) is 5.69 Å². The molecule has 98 valence electrons. The van der Waals surface area contributed by atoms with Crippen LogP contribution in [0.3, 0.4) is 0 Å². The summed E-state index contributed by atoms with van der Waals surface area (Å²) in [5.41, 5.74) is 5.43. The minimum Gasteiger partial charge on any atom is -0.369 e. The Labute approximate surface area is 118 Å². The van der Waals surface area contributed by atoms with Gasteiger partial charge in [0.1, 0.15) is 0 Å². The summed E-state index contributed by atoms with van der Waals surface area (Å²) in [6.45, 7) is 0. The molecule has 1 aromatic heterocycles. The lowest BCUT2D eigenvalue weighted by atomic mass is 10.3. The number of rotatable bonds is 4. The van der Waals surface area contributed by atoms with Crippen molar-refractivity contribution in [2.24, 2.45) is 5.73 Å². The number of nitrogens with two attached hydrogens (primary N) is 1. The number of amides is 1. The van der Waals surface area contributed by atoms with E-state index in [1.807, 2.05) is 0 Å². The van der Waals surface area contributed by atoms with Gasteiger partial charge in [0.25, 0.3) is 5.56 Å². The molecule has 0 radical (unpaired) electrons. The highest BCUT2D eigenvalue weighted by Crippen LogP contribution is 2.14. The van der Waals surface area contributed by atoms with Crippen LogP contribution in [0.4, 0.5) is 0 Å². The number of thioether (sulfide) groups is 1. The van der Waals surface area contributed by atoms with E-state index >= 15 is 0 Å². The van der Waals surface area contributed by atoms with Crippen LogP contribution in [0.5, 0.6) is 0 Å². The Hall–Kier alpha value is -1.79. The number of benzene rings is 1. The molecule has 0 unspecified atom stereocenters. The van der Waals surface area contributed by atoms with Gasteiger partial charge in [0.15, 0.2) is 5.03 Å². The van der Waals surface area contributed by atoms with Crippen molar-refractivity contribution in [2.75, 3.05) is 5.75 Å². The highest BCUT2D eigenvalue weighted by molar-refractivity contribution is 7.99. The van der Waals surface area contributed by atoms with Gasteiger partial charge >= 0.3 is 0 Å². The first-order chi connectivity index (χ1) is 9.08. The standard InChI is InChI=1S/C12H10ClN3O2S/c13-8-1-3-9(4-2-8)16-6-5-15-11(12(16)18)19-7-10(14)17/h1-6H,7H2,(H2,14,17). The smallest absolute Gasteiger partial charge is 0.287 e. The average molecular weight is 296 g/mol. The number of primary amides is 1. The molecule has 0 atom stereocenters. The molecule has 0 aliphatic rings. The maximum absolute atomic E-state index is 12.2. The molecule has 0 bridgehead atoms. The highest BCUT2D eigenvalue weighted by atomic mass is 35.5. The van der Waals surface area contributed by atoms with E-state index in [-0.39, 0.29) is 16.3 Å². The molecule has 0 saturated heterocycles. The molecule has 2 rings (SSSR count). The first-order valence-corrected chi connectivity index (χ1v) is 6.69. The summed E-state index contributed by atoms with van der Waals surface area (Å²) in [7, 11) is 0. The Morgan fingerprint density at radius 2 is 2.05 bits per heavy atom. The fraction of sp³-hybridized carbons (Fsp3) is 0.0833. The van der Waals surface area contributed by atoms with E-state index < -0.39 is 5.91 Å². The van der Waals surface area contributed by atoms with Crippen LogP contribution in [0.15, 0.2) is 46.5 Å². The number of aromatic nitrogens is 2. The van der Waals surface area contributed by atoms with E-state index in [0.717, 1.165) is 11.8 Å². The lowest BCUT2D eigenvalue weighted by Crippen LogP contribution is -2.22. The molecule has 1 heterocycles. The molecular formula is C12H10ClN3O2S. The summed E-state index contributed by atoms with van der Waals surface area (Å²) in [6, 6.07) is 6.85. The summed E-state index contributed by atoms with van der Waals surface area (Å²) in [4.78, 5) is 26.8. The van der Waals surface area contributed by atoms with Crippen LogP contribution < -0.4 is 11.3 Å². The topological polar surface area (TPSA) is 78.0 Å². The van der Waals surface area contributed by atoms with Crippen LogP contribution in [0.2, 0.25) is 5.02 Å². The molecule has 0 aliphatic heterocycles. The van der Waals surface area contributed by atoms with E-state index in [2.05, 4.69) is 4.98 Å². The van der Waals surface area contributed by atoms with Crippen LogP contribution in [-0.4, -0.2) is 21.2 Å². The molecule has 0 saturated carbocycles. The summed E-state index contributed by atoms with van der Waals surface area (Å²) >= 11 is 6.82. The van der Waals surface area contributed by atoms with Crippen molar-refractivity contribution >= 4 is 29.3 Å². The van der Waals surface area contributed by atoms with Gasteiger partial charge < -0.3 is 5.73 Å². The summed E-state index contributed by atoms with van der Waals surface area (Å²) in [5.74, 6) is -0.472. The quantitative estimate of drug-likeness (QED) is 0.866. The van der Waals surface area contributed by atoms with Gasteiger partial charge in [-0.15, -0.1) is 0 Å². The lowest BCUT2D eigenvalue weighted by molar-refractivity contribution is -0.115. The second-order valence-electron chi connectivity index (χ2n) is 3.64. The maximum atomic E-state index is 12.2. The minimum absolute atomic E-state index is 0.0207. The zero-order valence-electron chi connectivity index (χ0n) is 9.75. The van der Waals surface area contributed by atoms with Crippen molar-refractivity contribution in [3.05, 3.63) is 52.0 Å². The highest BCUT2D eigenvalue weighted by Gasteiger charge is 2.08. The van der Waals surface area contributed by atoms with E-state index in [1.54, 1.807) is 30.5 Å². The Bertz CT molecular complexity index is 655. The summed E-state index contributed by atoms with van der Waals surface area (Å²) in [6.07, 6.45) is 3.05. The van der Waals surface area contributed by atoms with Crippen molar-refractivity contribution in [1.29, 1.82) is 0 Å². The number of nitrogens with zero attached hydrogens (tertiary/aromatic N) is 2. The van der Waals surface area contributed by atoms with Crippen molar-refractivity contribution in [1.82, 2.24) is 9.55 Å². The first-order valence-electron chi connectivity index (χ1n) is 5.32. The van der Waals surface area contributed by atoms with Gasteiger partial charge in [-0.25, -0.2) is 4.98 Å². The number of carbonyl (C=O) groups excluding carboxylic acids is 1. The monoisotopic (exact) mass is 295 g/mol. The molecular weight excluding hydrogens is 286 g/mol. The average Bonchev–Trinajstić information content (AvgIpc) is 2.39. The van der Waals surface area contributed by atoms with Crippen LogP contribution in [0, 0.1) is 0 Å². The number of carbonyl (C=O) groups is 1. The number of hydrogen-bond donors (Lipinski definition) is 1. The molecule has 0 fully saturated rings. The zero-order valence-corrected chi connectivity index (χ0v) is 11.3. The molecule has 19 heavy (non-hydrogen) atoms. The zero-order chi connectivity index (χ0) is 13.8. The van der Waals surface area contributed by atoms with E-state index in [1.165, 1.54) is 10.8 Å². The predicted octanol–water partition coefficient (Wildman–Crippen LogP) is 1.46. The molecule has 2 N–H and O–H groups in total. The van der Waals surface area contributed by atoms with Gasteiger partial charge in [-0.3, -0.25) is 14.2 Å². The van der Waals surface area contributed by atoms with Crippen molar-refractivity contribution in [2.45, 2.75) is 5.03 Å². The van der Waals surface area contributed by atoms with E-state index in [4.69, 9.17) is 17.3 Å². The van der Waals surface area contributed by atoms with Crippen molar-refractivity contribution < 1.29 is 4.79 Å². The van der Waals surface area contributed by atoms with Gasteiger partial charge in [0.2, 0.25) is 5.91 Å². The third-order valence-electron chi connectivity index (χ3n) is 2.27. The summed E-state index contributed by atoms with van der Waals surface area (Å²) in [5, 5.41) is 0.824. The third-order valence-corrected chi connectivity index (χ3v) is 3.50. The first kappa shape index (κ1) is 13.6. The van der Waals surface area contributed by atoms with Gasteiger partial charge in [-0.05, 0) is 24.3 Å². The Kier molecular flexibility index (Phi) is 4.24. The maximum Gasteiger partial charge on any atom is 0.287 e. The fourth-order valence-electron chi connectivity index (χ4n) is 1.44. The second kappa shape index (κ2) is 5.90. The van der Waals surface area contributed by atoms with Crippen LogP contribution in [0.25, 0.3) is 5.69 Å². The van der Waals surface area contributed by atoms with E-state index in [0.29, 0.717) is 10.7 Å². The van der Waals surface area contributed by atoms with Gasteiger partial charge in [-0.1, -0.05) is 23.4 Å². The van der Waals surface area contributed by atoms with E-state index in [9.17, 15) is 9.59 Å². The van der Waals surface area contributed by atoms with Gasteiger partial charge in [-0.2, -0.15) is 0 Å². The third kappa shape index (κ3) is 3.36. The predicted molar refractivity (Wildman–Crippen MR) is 74.8 cm³/mol. The van der Waals surface area contributed by atoms with Crippen LogP contribution in [-0.2, 0) is 4.79 Å². The lowest BCUT2D eigenvalue weighted by Gasteiger charge is -2.06. The fourth-order valence-corrected chi connectivity index (χ4v) is 2.20. The van der Waals surface area contributed by atoms with Crippen molar-refractivity contribution in [3.63, 3.8) is 0 Å². The number of halogens is 1. The Morgan fingerprint density at radius 1 is 1.37 bits per heavy atom. The number of hydrogen-bond acceptors (Lipinski definition) is 4. The van der Waals surface area contributed by atoms with Crippen LogP contribution in [0.1, 0.15) is 0 Å². The van der Waals surface area contributed by atoms with Gasteiger partial charge in [0, 0.05) is 23.1 Å². The largest absolute Gasteiger partial charge is 0.369 e. The van der Waals surface area contributed by atoms with Gasteiger partial charge in [0.05, 0.1) is 5.75 Å². The molecule has 7 heteroatoms. The molecule has 1 aromatic carbocycles. The Balaban J connectivity index is 2.37. The molecule has 2 aromatic rings. The molecule has 0 aliphatic carbocycles. The SMILES string of the molecule is NC(=O)CSc1nccn(-c2ccc(Cl)cc2)c1=O. The molecule has 0 spiro atoms. The normalized spacial score (nSPS) is 10.4.